The Morgan fingerprint density at radius 3 is 2.24 bits per heavy atom. The second-order valence-corrected chi connectivity index (χ2v) is 5.10. The summed E-state index contributed by atoms with van der Waals surface area (Å²) in [5, 5.41) is 13.3. The molecule has 0 aliphatic rings. The maximum absolute atomic E-state index is 14.0. The second-order valence-electron chi connectivity index (χ2n) is 5.10. The van der Waals surface area contributed by atoms with E-state index in [0.29, 0.717) is 0 Å². The van der Waals surface area contributed by atoms with Crippen molar-refractivity contribution >= 4 is 0 Å². The van der Waals surface area contributed by atoms with Crippen molar-refractivity contribution in [2.45, 2.75) is 12.8 Å². The highest BCUT2D eigenvalue weighted by Gasteiger charge is 2.30. The Morgan fingerprint density at radius 2 is 1.68 bits per heavy atom. The molecule has 9 heteroatoms. The summed E-state index contributed by atoms with van der Waals surface area (Å²) in [5.41, 5.74) is -1.74. The Hall–Kier alpha value is -2.94. The van der Waals surface area contributed by atoms with Gasteiger partial charge in [-0.15, -0.1) is 5.10 Å². The fourth-order valence-corrected chi connectivity index (χ4v) is 2.35. The van der Waals surface area contributed by atoms with Crippen molar-refractivity contribution in [3.63, 3.8) is 0 Å². The van der Waals surface area contributed by atoms with E-state index in [1.165, 1.54) is 18.2 Å². The molecule has 1 aromatic heterocycles. The number of para-hydroxylation sites is 1. The molecule has 0 fully saturated rings. The molecule has 0 bridgehead atoms. The standard InChI is InChI=1S/C16H11F4N3O2/c17-12-3-1-2-4-13(12)22-14(9-24)21-23(15(22)25)11-7-5-10(6-8-11)16(18,19)20/h1-8,24H,9H2. The molecular weight excluding hydrogens is 342 g/mol. The molecule has 1 N–H and O–H groups in total. The summed E-state index contributed by atoms with van der Waals surface area (Å²) in [6.07, 6.45) is -4.51. The minimum atomic E-state index is -4.51. The minimum absolute atomic E-state index is 0.0581. The summed E-state index contributed by atoms with van der Waals surface area (Å²) in [5.74, 6) is -0.846. The number of benzene rings is 2. The van der Waals surface area contributed by atoms with Gasteiger partial charge in [-0.2, -0.15) is 17.9 Å². The van der Waals surface area contributed by atoms with E-state index >= 15 is 0 Å². The van der Waals surface area contributed by atoms with E-state index in [0.717, 1.165) is 39.6 Å². The molecule has 0 radical (unpaired) electrons. The van der Waals surface area contributed by atoms with Gasteiger partial charge < -0.3 is 5.11 Å². The van der Waals surface area contributed by atoms with E-state index in [1.807, 2.05) is 0 Å². The summed E-state index contributed by atoms with van der Waals surface area (Å²) < 4.78 is 53.5. The Morgan fingerprint density at radius 1 is 1.04 bits per heavy atom. The first kappa shape index (κ1) is 16.9. The van der Waals surface area contributed by atoms with E-state index < -0.39 is 29.9 Å². The molecule has 5 nitrogen and oxygen atoms in total. The van der Waals surface area contributed by atoms with Crippen LogP contribution in [0, 0.1) is 5.82 Å². The zero-order valence-corrected chi connectivity index (χ0v) is 12.5. The largest absolute Gasteiger partial charge is 0.416 e. The van der Waals surface area contributed by atoms with Gasteiger partial charge in [-0.1, -0.05) is 12.1 Å². The van der Waals surface area contributed by atoms with Crippen LogP contribution in [-0.2, 0) is 12.8 Å². The molecule has 0 saturated heterocycles. The van der Waals surface area contributed by atoms with Crippen molar-refractivity contribution < 1.29 is 22.7 Å². The van der Waals surface area contributed by atoms with Crippen LogP contribution in [0.5, 0.6) is 0 Å². The van der Waals surface area contributed by atoms with Gasteiger partial charge in [0.25, 0.3) is 0 Å². The van der Waals surface area contributed by atoms with Crippen molar-refractivity contribution in [3.05, 3.63) is 76.2 Å². The van der Waals surface area contributed by atoms with E-state index in [1.54, 1.807) is 0 Å². The molecule has 3 aromatic rings. The van der Waals surface area contributed by atoms with Crippen LogP contribution in [0.4, 0.5) is 17.6 Å². The maximum atomic E-state index is 14.0. The van der Waals surface area contributed by atoms with E-state index in [2.05, 4.69) is 5.10 Å². The summed E-state index contributed by atoms with van der Waals surface area (Å²) >= 11 is 0. The zero-order valence-electron chi connectivity index (χ0n) is 12.5. The van der Waals surface area contributed by atoms with Crippen LogP contribution in [0.2, 0.25) is 0 Å². The lowest BCUT2D eigenvalue weighted by Crippen LogP contribution is -2.24. The van der Waals surface area contributed by atoms with Crippen molar-refractivity contribution in [2.75, 3.05) is 0 Å². The normalized spacial score (nSPS) is 11.7. The first-order valence-electron chi connectivity index (χ1n) is 7.07. The van der Waals surface area contributed by atoms with Crippen molar-refractivity contribution in [3.8, 4) is 11.4 Å². The smallest absolute Gasteiger partial charge is 0.388 e. The minimum Gasteiger partial charge on any atom is -0.388 e. The van der Waals surface area contributed by atoms with Crippen LogP contribution in [0.3, 0.4) is 0 Å². The Kier molecular flexibility index (Phi) is 4.17. The van der Waals surface area contributed by atoms with Gasteiger partial charge in [0.2, 0.25) is 0 Å². The number of hydrogen-bond acceptors (Lipinski definition) is 3. The Balaban J connectivity index is 2.14. The van der Waals surface area contributed by atoms with Crippen LogP contribution >= 0.6 is 0 Å². The van der Waals surface area contributed by atoms with Gasteiger partial charge >= 0.3 is 11.9 Å². The molecule has 25 heavy (non-hydrogen) atoms. The van der Waals surface area contributed by atoms with Crippen molar-refractivity contribution in [2.24, 2.45) is 0 Å². The molecule has 0 aliphatic heterocycles. The molecule has 0 aliphatic carbocycles. The third-order valence-electron chi connectivity index (χ3n) is 3.52. The highest BCUT2D eigenvalue weighted by molar-refractivity contribution is 5.38. The first-order chi connectivity index (χ1) is 11.8. The molecule has 0 atom stereocenters. The van der Waals surface area contributed by atoms with E-state index in [9.17, 15) is 27.5 Å². The SMILES string of the molecule is O=c1n(-c2ccc(C(F)(F)F)cc2)nc(CO)n1-c1ccccc1F. The number of alkyl halides is 3. The first-order valence-corrected chi connectivity index (χ1v) is 7.07. The van der Waals surface area contributed by atoms with E-state index in [4.69, 9.17) is 0 Å². The lowest BCUT2D eigenvalue weighted by Gasteiger charge is -2.07. The zero-order chi connectivity index (χ0) is 18.2. The van der Waals surface area contributed by atoms with Gasteiger partial charge in [0, 0.05) is 0 Å². The van der Waals surface area contributed by atoms with Crippen LogP contribution < -0.4 is 5.69 Å². The molecule has 0 amide bonds. The van der Waals surface area contributed by atoms with Gasteiger partial charge in [-0.3, -0.25) is 0 Å². The van der Waals surface area contributed by atoms with Gasteiger partial charge in [-0.05, 0) is 36.4 Å². The van der Waals surface area contributed by atoms with E-state index in [-0.39, 0.29) is 17.2 Å². The summed E-state index contributed by atoms with van der Waals surface area (Å²) in [4.78, 5) is 12.5. The number of aliphatic hydroxyl groups is 1. The van der Waals surface area contributed by atoms with Crippen LogP contribution in [0.1, 0.15) is 11.4 Å². The third-order valence-corrected chi connectivity index (χ3v) is 3.52. The number of aliphatic hydroxyl groups excluding tert-OH is 1. The maximum Gasteiger partial charge on any atom is 0.416 e. The molecule has 3 rings (SSSR count). The lowest BCUT2D eigenvalue weighted by atomic mass is 10.2. The third kappa shape index (κ3) is 3.05. The summed E-state index contributed by atoms with van der Waals surface area (Å²) in [7, 11) is 0. The number of aromatic nitrogens is 3. The second kappa shape index (κ2) is 6.17. The van der Waals surface area contributed by atoms with Crippen molar-refractivity contribution in [1.82, 2.24) is 14.3 Å². The van der Waals surface area contributed by atoms with Crippen molar-refractivity contribution in [1.29, 1.82) is 0 Å². The predicted octanol–water partition coefficient (Wildman–Crippen LogP) is 2.67. The fourth-order valence-electron chi connectivity index (χ4n) is 2.35. The average Bonchev–Trinajstić information content (AvgIpc) is 2.91. The van der Waals surface area contributed by atoms with Gasteiger partial charge in [0.15, 0.2) is 5.82 Å². The summed E-state index contributed by atoms with van der Waals surface area (Å²) in [6.45, 7) is -0.656. The Bertz CT molecular complexity index is 959. The van der Waals surface area contributed by atoms with Crippen LogP contribution in [0.15, 0.2) is 53.3 Å². The average molecular weight is 353 g/mol. The number of hydrogen-bond donors (Lipinski definition) is 1. The van der Waals surface area contributed by atoms with Crippen LogP contribution in [0.25, 0.3) is 11.4 Å². The summed E-state index contributed by atoms with van der Waals surface area (Å²) in [6, 6.07) is 9.16. The molecular formula is C16H11F4N3O2. The topological polar surface area (TPSA) is 60.1 Å². The quantitative estimate of drug-likeness (QED) is 0.737. The Labute approximate surface area is 138 Å². The monoisotopic (exact) mass is 353 g/mol. The fraction of sp³-hybridized carbons (Fsp3) is 0.125. The molecule has 130 valence electrons. The molecule has 1 heterocycles. The van der Waals surface area contributed by atoms with Crippen LogP contribution in [-0.4, -0.2) is 19.5 Å². The predicted molar refractivity (Wildman–Crippen MR) is 80.0 cm³/mol. The number of halogens is 4. The van der Waals surface area contributed by atoms with Gasteiger partial charge in [0.05, 0.1) is 16.9 Å². The number of nitrogens with zero attached hydrogens (tertiary/aromatic N) is 3. The molecule has 2 aromatic carbocycles. The highest BCUT2D eigenvalue weighted by Crippen LogP contribution is 2.29. The number of rotatable bonds is 3. The lowest BCUT2D eigenvalue weighted by molar-refractivity contribution is -0.137. The van der Waals surface area contributed by atoms with Gasteiger partial charge in [-0.25, -0.2) is 13.8 Å². The van der Waals surface area contributed by atoms with Gasteiger partial charge in [0.1, 0.15) is 12.4 Å². The molecule has 0 saturated carbocycles. The highest BCUT2D eigenvalue weighted by atomic mass is 19.4. The molecule has 0 spiro atoms. The molecule has 0 unspecified atom stereocenters.